The standard InChI is InChI=1S/C11H20N2O/c1-4-13(5-2)8-10-6-11(7-12-3)14-9-10/h6,9,12H,4-5,7-8H2,1-3H3. The maximum absolute atomic E-state index is 5.41. The molecule has 0 spiro atoms. The fourth-order valence-electron chi connectivity index (χ4n) is 1.48. The molecule has 0 fully saturated rings. The summed E-state index contributed by atoms with van der Waals surface area (Å²) >= 11 is 0. The second-order valence-electron chi connectivity index (χ2n) is 3.41. The Labute approximate surface area is 86.1 Å². The van der Waals surface area contributed by atoms with Crippen LogP contribution in [0.2, 0.25) is 0 Å². The van der Waals surface area contributed by atoms with E-state index in [9.17, 15) is 0 Å². The van der Waals surface area contributed by atoms with Crippen molar-refractivity contribution >= 4 is 0 Å². The van der Waals surface area contributed by atoms with Crippen LogP contribution in [0.5, 0.6) is 0 Å². The average molecular weight is 196 g/mol. The van der Waals surface area contributed by atoms with E-state index in [2.05, 4.69) is 30.1 Å². The summed E-state index contributed by atoms with van der Waals surface area (Å²) in [5.41, 5.74) is 1.26. The molecule has 14 heavy (non-hydrogen) atoms. The molecule has 0 unspecified atom stereocenters. The first-order valence-electron chi connectivity index (χ1n) is 5.23. The van der Waals surface area contributed by atoms with Crippen LogP contribution in [0, 0.1) is 0 Å². The Morgan fingerprint density at radius 3 is 2.64 bits per heavy atom. The molecule has 80 valence electrons. The molecule has 0 radical (unpaired) electrons. The molecule has 1 rings (SSSR count). The van der Waals surface area contributed by atoms with Gasteiger partial charge in [0, 0.05) is 12.1 Å². The third-order valence-corrected chi connectivity index (χ3v) is 2.36. The molecule has 0 aliphatic carbocycles. The molecule has 0 aliphatic rings. The summed E-state index contributed by atoms with van der Waals surface area (Å²) in [6.45, 7) is 8.32. The highest BCUT2D eigenvalue weighted by atomic mass is 16.3. The largest absolute Gasteiger partial charge is 0.468 e. The third-order valence-electron chi connectivity index (χ3n) is 2.36. The summed E-state index contributed by atoms with van der Waals surface area (Å²) in [6.07, 6.45) is 1.85. The normalized spacial score (nSPS) is 11.1. The SMILES string of the molecule is CCN(CC)Cc1coc(CNC)c1. The predicted octanol–water partition coefficient (Wildman–Crippen LogP) is 1.84. The topological polar surface area (TPSA) is 28.4 Å². The minimum Gasteiger partial charge on any atom is -0.468 e. The molecule has 1 heterocycles. The van der Waals surface area contributed by atoms with Gasteiger partial charge in [-0.15, -0.1) is 0 Å². The molecule has 0 bridgehead atoms. The first kappa shape index (κ1) is 11.3. The van der Waals surface area contributed by atoms with E-state index in [4.69, 9.17) is 4.42 Å². The molecule has 0 saturated heterocycles. The van der Waals surface area contributed by atoms with Crippen molar-refractivity contribution in [1.82, 2.24) is 10.2 Å². The van der Waals surface area contributed by atoms with Crippen LogP contribution in [-0.4, -0.2) is 25.0 Å². The Hall–Kier alpha value is -0.800. The predicted molar refractivity (Wildman–Crippen MR) is 58.1 cm³/mol. The molecule has 1 aromatic heterocycles. The van der Waals surface area contributed by atoms with Crippen molar-refractivity contribution in [2.75, 3.05) is 20.1 Å². The van der Waals surface area contributed by atoms with Crippen LogP contribution in [-0.2, 0) is 13.1 Å². The van der Waals surface area contributed by atoms with Crippen molar-refractivity contribution in [1.29, 1.82) is 0 Å². The molecule has 3 heteroatoms. The zero-order valence-electron chi connectivity index (χ0n) is 9.34. The Morgan fingerprint density at radius 1 is 1.36 bits per heavy atom. The van der Waals surface area contributed by atoms with Gasteiger partial charge < -0.3 is 9.73 Å². The van der Waals surface area contributed by atoms with Gasteiger partial charge in [0.2, 0.25) is 0 Å². The molecule has 0 aliphatic heterocycles. The van der Waals surface area contributed by atoms with Crippen molar-refractivity contribution in [2.45, 2.75) is 26.9 Å². The zero-order valence-corrected chi connectivity index (χ0v) is 9.34. The first-order valence-corrected chi connectivity index (χ1v) is 5.23. The van der Waals surface area contributed by atoms with E-state index in [1.165, 1.54) is 5.56 Å². The monoisotopic (exact) mass is 196 g/mol. The minimum atomic E-state index is 0.804. The Bertz CT molecular complexity index is 254. The molecule has 3 nitrogen and oxygen atoms in total. The van der Waals surface area contributed by atoms with Crippen molar-refractivity contribution in [3.8, 4) is 0 Å². The molecule has 0 amide bonds. The molecule has 1 N–H and O–H groups in total. The highest BCUT2D eigenvalue weighted by Gasteiger charge is 2.04. The lowest BCUT2D eigenvalue weighted by atomic mass is 10.3. The van der Waals surface area contributed by atoms with Crippen molar-refractivity contribution in [3.63, 3.8) is 0 Å². The molecular weight excluding hydrogens is 176 g/mol. The van der Waals surface area contributed by atoms with Crippen LogP contribution in [0.25, 0.3) is 0 Å². The van der Waals surface area contributed by atoms with E-state index >= 15 is 0 Å². The van der Waals surface area contributed by atoms with Crippen LogP contribution in [0.3, 0.4) is 0 Å². The summed E-state index contributed by atoms with van der Waals surface area (Å²) in [6, 6.07) is 2.12. The molecule has 0 saturated carbocycles. The van der Waals surface area contributed by atoms with Gasteiger partial charge in [0.25, 0.3) is 0 Å². The Balaban J connectivity index is 2.49. The van der Waals surface area contributed by atoms with E-state index in [0.29, 0.717) is 0 Å². The smallest absolute Gasteiger partial charge is 0.117 e. The second-order valence-corrected chi connectivity index (χ2v) is 3.41. The third kappa shape index (κ3) is 3.16. The van der Waals surface area contributed by atoms with E-state index in [-0.39, 0.29) is 0 Å². The summed E-state index contributed by atoms with van der Waals surface area (Å²) in [5.74, 6) is 1.01. The van der Waals surface area contributed by atoms with Gasteiger partial charge in [0.1, 0.15) is 5.76 Å². The summed E-state index contributed by atoms with van der Waals surface area (Å²) in [4.78, 5) is 2.37. The van der Waals surface area contributed by atoms with Crippen LogP contribution in [0.4, 0.5) is 0 Å². The van der Waals surface area contributed by atoms with Gasteiger partial charge in [0.15, 0.2) is 0 Å². The number of nitrogens with one attached hydrogen (secondary N) is 1. The van der Waals surface area contributed by atoms with Crippen molar-refractivity contribution in [3.05, 3.63) is 23.7 Å². The summed E-state index contributed by atoms with van der Waals surface area (Å²) in [7, 11) is 1.92. The summed E-state index contributed by atoms with van der Waals surface area (Å²) in [5, 5.41) is 3.07. The van der Waals surface area contributed by atoms with Gasteiger partial charge in [-0.25, -0.2) is 0 Å². The first-order chi connectivity index (χ1) is 6.80. The second kappa shape index (κ2) is 5.83. The number of furan rings is 1. The number of nitrogens with zero attached hydrogens (tertiary/aromatic N) is 1. The van der Waals surface area contributed by atoms with E-state index in [0.717, 1.165) is 31.9 Å². The van der Waals surface area contributed by atoms with E-state index < -0.39 is 0 Å². The molecule has 0 aromatic carbocycles. The van der Waals surface area contributed by atoms with E-state index in [1.807, 2.05) is 13.3 Å². The number of hydrogen-bond acceptors (Lipinski definition) is 3. The molecule has 0 atom stereocenters. The van der Waals surface area contributed by atoms with Crippen LogP contribution >= 0.6 is 0 Å². The van der Waals surface area contributed by atoms with E-state index in [1.54, 1.807) is 0 Å². The van der Waals surface area contributed by atoms with Gasteiger partial charge in [-0.3, -0.25) is 4.90 Å². The lowest BCUT2D eigenvalue weighted by molar-refractivity contribution is 0.295. The quantitative estimate of drug-likeness (QED) is 0.752. The maximum Gasteiger partial charge on any atom is 0.117 e. The van der Waals surface area contributed by atoms with Gasteiger partial charge in [-0.05, 0) is 26.2 Å². The fraction of sp³-hybridized carbons (Fsp3) is 0.636. The number of rotatable bonds is 6. The van der Waals surface area contributed by atoms with Crippen LogP contribution in [0.15, 0.2) is 16.7 Å². The molecular formula is C11H20N2O. The number of hydrogen-bond donors (Lipinski definition) is 1. The summed E-state index contributed by atoms with van der Waals surface area (Å²) < 4.78 is 5.41. The highest BCUT2D eigenvalue weighted by molar-refractivity contribution is 5.12. The van der Waals surface area contributed by atoms with Crippen molar-refractivity contribution < 1.29 is 4.42 Å². The minimum absolute atomic E-state index is 0.804. The zero-order chi connectivity index (χ0) is 10.4. The fourth-order valence-corrected chi connectivity index (χ4v) is 1.48. The van der Waals surface area contributed by atoms with Gasteiger partial charge in [-0.2, -0.15) is 0 Å². The van der Waals surface area contributed by atoms with Gasteiger partial charge in [-0.1, -0.05) is 13.8 Å². The highest BCUT2D eigenvalue weighted by Crippen LogP contribution is 2.10. The van der Waals surface area contributed by atoms with Gasteiger partial charge >= 0.3 is 0 Å². The molecule has 1 aromatic rings. The Morgan fingerprint density at radius 2 is 2.07 bits per heavy atom. The van der Waals surface area contributed by atoms with Crippen LogP contribution < -0.4 is 5.32 Å². The lowest BCUT2D eigenvalue weighted by Crippen LogP contribution is -2.21. The van der Waals surface area contributed by atoms with Crippen LogP contribution in [0.1, 0.15) is 25.2 Å². The lowest BCUT2D eigenvalue weighted by Gasteiger charge is -2.16. The maximum atomic E-state index is 5.41. The van der Waals surface area contributed by atoms with Gasteiger partial charge in [0.05, 0.1) is 12.8 Å². The Kier molecular flexibility index (Phi) is 4.70. The average Bonchev–Trinajstić information content (AvgIpc) is 2.63. The van der Waals surface area contributed by atoms with Crippen molar-refractivity contribution in [2.24, 2.45) is 0 Å².